The Kier molecular flexibility index (Phi) is 8.06. The zero-order valence-electron chi connectivity index (χ0n) is 5.16. The molecule has 0 aliphatic carbocycles. The molecule has 3 N–H and O–H groups in total. The number of aliphatic hydroxyl groups excluding tert-OH is 1. The van der Waals surface area contributed by atoms with Gasteiger partial charge >= 0.3 is 0 Å². The van der Waals surface area contributed by atoms with E-state index in [1.807, 2.05) is 0 Å². The van der Waals surface area contributed by atoms with Crippen LogP contribution >= 0.6 is 0 Å². The van der Waals surface area contributed by atoms with E-state index in [2.05, 4.69) is 0 Å². The van der Waals surface area contributed by atoms with Gasteiger partial charge in [0.2, 0.25) is 0 Å². The lowest BCUT2D eigenvalue weighted by Gasteiger charge is -2.08. The summed E-state index contributed by atoms with van der Waals surface area (Å²) in [5.74, 6) is -0.142. The second-order valence-corrected chi connectivity index (χ2v) is 2.47. The molecule has 5 heteroatoms. The molecule has 0 spiro atoms. The molecule has 4 nitrogen and oxygen atoms in total. The number of hydrogen-bond acceptors (Lipinski definition) is 3. The Bertz CT molecular complexity index is 84.6. The molecule has 2 atom stereocenters. The standard InChI is InChI=1S/C4H10O3S.H2O/c1-2-4(5)3-8(6)7;/h4-5H,2-3H2,1H3,(H,6,7);1H2/p-1. The predicted octanol–water partition coefficient (Wildman–Crippen LogP) is -1.19. The molecule has 0 aromatic heterocycles. The molecule has 0 bridgehead atoms. The predicted molar refractivity (Wildman–Crippen MR) is 33.7 cm³/mol. The van der Waals surface area contributed by atoms with Crippen molar-refractivity contribution >= 4 is 11.1 Å². The Morgan fingerprint density at radius 2 is 2.22 bits per heavy atom. The summed E-state index contributed by atoms with van der Waals surface area (Å²) in [4.78, 5) is 0. The minimum atomic E-state index is -2.10. The van der Waals surface area contributed by atoms with Crippen LogP contribution in [0.2, 0.25) is 0 Å². The fourth-order valence-electron chi connectivity index (χ4n) is 0.275. The molecule has 0 heterocycles. The molecule has 0 radical (unpaired) electrons. The van der Waals surface area contributed by atoms with Gasteiger partial charge in [0, 0.05) is 5.75 Å². The molecule has 0 amide bonds. The van der Waals surface area contributed by atoms with Gasteiger partial charge in [-0.15, -0.1) is 0 Å². The van der Waals surface area contributed by atoms with Gasteiger partial charge in [-0.2, -0.15) is 0 Å². The van der Waals surface area contributed by atoms with E-state index in [4.69, 9.17) is 5.11 Å². The topological polar surface area (TPSA) is 91.9 Å². The Hall–Kier alpha value is 0.0300. The van der Waals surface area contributed by atoms with Crippen molar-refractivity contribution in [1.82, 2.24) is 0 Å². The van der Waals surface area contributed by atoms with Crippen LogP contribution in [-0.2, 0) is 11.1 Å². The van der Waals surface area contributed by atoms with Gasteiger partial charge < -0.3 is 15.1 Å². The van der Waals surface area contributed by atoms with Crippen molar-refractivity contribution in [3.63, 3.8) is 0 Å². The lowest BCUT2D eigenvalue weighted by Crippen LogP contribution is -2.14. The fourth-order valence-corrected chi connectivity index (χ4v) is 0.825. The fraction of sp³-hybridized carbons (Fsp3) is 1.00. The molecule has 0 aromatic carbocycles. The van der Waals surface area contributed by atoms with Crippen LogP contribution in [0.4, 0.5) is 0 Å². The van der Waals surface area contributed by atoms with E-state index >= 15 is 0 Å². The van der Waals surface area contributed by atoms with Crippen LogP contribution in [0.1, 0.15) is 13.3 Å². The normalized spacial score (nSPS) is 15.9. The minimum Gasteiger partial charge on any atom is -0.772 e. The van der Waals surface area contributed by atoms with Crippen LogP contribution < -0.4 is 0 Å². The summed E-state index contributed by atoms with van der Waals surface area (Å²) in [6, 6.07) is 0. The van der Waals surface area contributed by atoms with Crippen LogP contribution in [-0.4, -0.2) is 31.2 Å². The van der Waals surface area contributed by atoms with Crippen molar-refractivity contribution in [1.29, 1.82) is 0 Å². The third-order valence-corrected chi connectivity index (χ3v) is 1.46. The van der Waals surface area contributed by atoms with Gasteiger partial charge in [0.1, 0.15) is 0 Å². The number of aliphatic hydroxyl groups is 1. The van der Waals surface area contributed by atoms with Crippen LogP contribution in [0.3, 0.4) is 0 Å². The molecule has 58 valence electrons. The summed E-state index contributed by atoms with van der Waals surface area (Å²) in [6.07, 6.45) is -0.193. The largest absolute Gasteiger partial charge is 0.772 e. The number of rotatable bonds is 3. The van der Waals surface area contributed by atoms with E-state index in [0.717, 1.165) is 0 Å². The average molecular weight is 155 g/mol. The SMILES string of the molecule is CCC(O)CS(=O)[O-].O. The molecule has 0 saturated carbocycles. The molecule has 0 rings (SSSR count). The van der Waals surface area contributed by atoms with Gasteiger partial charge in [-0.3, -0.25) is 4.21 Å². The zero-order chi connectivity index (χ0) is 6.57. The van der Waals surface area contributed by atoms with Crippen LogP contribution in [0.25, 0.3) is 0 Å². The first-order valence-electron chi connectivity index (χ1n) is 2.40. The first kappa shape index (κ1) is 11.8. The van der Waals surface area contributed by atoms with Crippen molar-refractivity contribution in [2.45, 2.75) is 19.4 Å². The van der Waals surface area contributed by atoms with Gasteiger partial charge in [0.25, 0.3) is 0 Å². The maximum Gasteiger partial charge on any atom is 0.0641 e. The zero-order valence-corrected chi connectivity index (χ0v) is 5.98. The maximum absolute atomic E-state index is 9.81. The molecule has 0 aliphatic heterocycles. The van der Waals surface area contributed by atoms with Crippen molar-refractivity contribution < 1.29 is 19.3 Å². The van der Waals surface area contributed by atoms with E-state index in [-0.39, 0.29) is 11.2 Å². The average Bonchev–Trinajstić information content (AvgIpc) is 1.65. The van der Waals surface area contributed by atoms with E-state index in [1.165, 1.54) is 0 Å². The Morgan fingerprint density at radius 1 is 1.78 bits per heavy atom. The highest BCUT2D eigenvalue weighted by molar-refractivity contribution is 7.79. The smallest absolute Gasteiger partial charge is 0.0641 e. The van der Waals surface area contributed by atoms with E-state index in [9.17, 15) is 8.76 Å². The summed E-state index contributed by atoms with van der Waals surface area (Å²) in [7, 11) is 0. The van der Waals surface area contributed by atoms with Gasteiger partial charge in [0.05, 0.1) is 6.10 Å². The van der Waals surface area contributed by atoms with Crippen molar-refractivity contribution in [2.75, 3.05) is 5.75 Å². The van der Waals surface area contributed by atoms with E-state index < -0.39 is 17.2 Å². The third-order valence-electron chi connectivity index (χ3n) is 0.800. The van der Waals surface area contributed by atoms with Crippen LogP contribution in [0.5, 0.6) is 0 Å². The quantitative estimate of drug-likeness (QED) is 0.519. The highest BCUT2D eigenvalue weighted by Gasteiger charge is 1.97. The van der Waals surface area contributed by atoms with Gasteiger partial charge in [-0.05, 0) is 6.42 Å². The second kappa shape index (κ2) is 6.15. The first-order chi connectivity index (χ1) is 3.66. The summed E-state index contributed by atoms with van der Waals surface area (Å²) in [5.41, 5.74) is 0. The molecule has 2 unspecified atom stereocenters. The lowest BCUT2D eigenvalue weighted by atomic mass is 10.3. The minimum absolute atomic E-state index is 0. The van der Waals surface area contributed by atoms with Gasteiger partial charge in [-0.25, -0.2) is 0 Å². The Morgan fingerprint density at radius 3 is 2.33 bits per heavy atom. The highest BCUT2D eigenvalue weighted by atomic mass is 32.2. The van der Waals surface area contributed by atoms with Crippen molar-refractivity contribution in [2.24, 2.45) is 0 Å². The third kappa shape index (κ3) is 8.03. The maximum atomic E-state index is 9.81. The van der Waals surface area contributed by atoms with Crippen molar-refractivity contribution in [3.8, 4) is 0 Å². The van der Waals surface area contributed by atoms with Crippen LogP contribution in [0, 0.1) is 0 Å². The summed E-state index contributed by atoms with van der Waals surface area (Å²) in [6.45, 7) is 1.73. The number of hydrogen-bond donors (Lipinski definition) is 1. The lowest BCUT2D eigenvalue weighted by molar-refractivity contribution is 0.192. The summed E-state index contributed by atoms with van der Waals surface area (Å²) >= 11 is -2.10. The molecule has 9 heavy (non-hydrogen) atoms. The Labute approximate surface area is 56.5 Å². The summed E-state index contributed by atoms with van der Waals surface area (Å²) < 4.78 is 19.6. The molecule has 0 aromatic rings. The monoisotopic (exact) mass is 155 g/mol. The molecular formula is C4H11O4S-. The van der Waals surface area contributed by atoms with Gasteiger partial charge in [0.15, 0.2) is 0 Å². The van der Waals surface area contributed by atoms with E-state index in [0.29, 0.717) is 6.42 Å². The highest BCUT2D eigenvalue weighted by Crippen LogP contribution is 1.89. The first-order valence-corrected chi connectivity index (χ1v) is 3.65. The second-order valence-electron chi connectivity index (χ2n) is 1.53. The van der Waals surface area contributed by atoms with Crippen LogP contribution in [0.15, 0.2) is 0 Å². The molecule has 0 saturated heterocycles. The molecule has 0 aliphatic rings. The van der Waals surface area contributed by atoms with E-state index in [1.54, 1.807) is 6.92 Å². The molecule has 0 fully saturated rings. The summed E-state index contributed by atoms with van der Waals surface area (Å²) in [5, 5.41) is 8.64. The van der Waals surface area contributed by atoms with Crippen molar-refractivity contribution in [3.05, 3.63) is 0 Å². The van der Waals surface area contributed by atoms with Gasteiger partial charge in [-0.1, -0.05) is 18.0 Å². The molecular weight excluding hydrogens is 144 g/mol. The Balaban J connectivity index is 0.